The maximum absolute atomic E-state index is 12.8. The van der Waals surface area contributed by atoms with Crippen molar-refractivity contribution in [3.63, 3.8) is 0 Å². The van der Waals surface area contributed by atoms with E-state index in [4.69, 9.17) is 5.11 Å². The molecular weight excluding hydrogens is 310 g/mol. The summed E-state index contributed by atoms with van der Waals surface area (Å²) >= 11 is 1.86. The number of carboxylic acids is 1. The highest BCUT2D eigenvalue weighted by molar-refractivity contribution is 7.98. The lowest BCUT2D eigenvalue weighted by Gasteiger charge is -2.35. The summed E-state index contributed by atoms with van der Waals surface area (Å²) in [4.78, 5) is 25.4. The van der Waals surface area contributed by atoms with E-state index in [0.717, 1.165) is 37.3 Å². The Bertz CT molecular complexity index is 530. The van der Waals surface area contributed by atoms with Gasteiger partial charge in [-0.25, -0.2) is 0 Å². The number of piperidine rings is 1. The smallest absolute Gasteiger partial charge is 0.303 e. The van der Waals surface area contributed by atoms with E-state index in [1.165, 1.54) is 5.56 Å². The summed E-state index contributed by atoms with van der Waals surface area (Å²) in [5, 5.41) is 8.88. The van der Waals surface area contributed by atoms with Crippen molar-refractivity contribution in [2.75, 3.05) is 12.3 Å². The largest absolute Gasteiger partial charge is 0.481 e. The quantitative estimate of drug-likeness (QED) is 0.823. The fourth-order valence-electron chi connectivity index (χ4n) is 2.99. The maximum Gasteiger partial charge on any atom is 0.303 e. The maximum atomic E-state index is 12.8. The van der Waals surface area contributed by atoms with Gasteiger partial charge in [0.25, 0.3) is 5.91 Å². The summed E-state index contributed by atoms with van der Waals surface area (Å²) in [7, 11) is 0. The lowest BCUT2D eigenvalue weighted by atomic mass is 9.97. The number of nitrogens with zero attached hydrogens (tertiary/aromatic N) is 1. The van der Waals surface area contributed by atoms with Gasteiger partial charge >= 0.3 is 5.97 Å². The van der Waals surface area contributed by atoms with Gasteiger partial charge in [-0.05, 0) is 49.1 Å². The molecule has 0 saturated carbocycles. The second-order valence-electron chi connectivity index (χ2n) is 5.91. The molecule has 5 heteroatoms. The highest BCUT2D eigenvalue weighted by atomic mass is 32.2. The van der Waals surface area contributed by atoms with E-state index < -0.39 is 5.97 Å². The first-order valence-corrected chi connectivity index (χ1v) is 9.46. The van der Waals surface area contributed by atoms with Crippen LogP contribution in [0.3, 0.4) is 0 Å². The third-order valence-electron chi connectivity index (χ3n) is 4.25. The molecular formula is C18H25NO3S. The van der Waals surface area contributed by atoms with Crippen LogP contribution in [0, 0.1) is 0 Å². The van der Waals surface area contributed by atoms with Crippen LogP contribution >= 0.6 is 11.8 Å². The van der Waals surface area contributed by atoms with Crippen LogP contribution in [0.2, 0.25) is 0 Å². The van der Waals surface area contributed by atoms with Crippen molar-refractivity contribution in [1.29, 1.82) is 0 Å². The minimum atomic E-state index is -0.791. The highest BCUT2D eigenvalue weighted by Crippen LogP contribution is 2.23. The average Bonchev–Trinajstić information content (AvgIpc) is 2.58. The minimum absolute atomic E-state index is 0.0368. The Morgan fingerprint density at radius 3 is 2.65 bits per heavy atom. The predicted molar refractivity (Wildman–Crippen MR) is 93.8 cm³/mol. The zero-order valence-corrected chi connectivity index (χ0v) is 14.5. The molecule has 4 nitrogen and oxygen atoms in total. The molecule has 1 amide bonds. The molecule has 0 spiro atoms. The number of likely N-dealkylation sites (tertiary alicyclic amines) is 1. The number of amides is 1. The molecule has 1 unspecified atom stereocenters. The van der Waals surface area contributed by atoms with Gasteiger partial charge in [-0.2, -0.15) is 11.8 Å². The summed E-state index contributed by atoms with van der Waals surface area (Å²) in [5.74, 6) is 1.30. The number of rotatable bonds is 7. The molecule has 2 rings (SSSR count). The zero-order valence-electron chi connectivity index (χ0n) is 13.7. The standard InChI is InChI=1S/C18H25NO3S/c1-2-23-13-14-6-8-15(9-7-14)18(22)19-12-4-3-5-16(19)10-11-17(20)21/h6-9,16H,2-5,10-13H2,1H3,(H,20,21). The van der Waals surface area contributed by atoms with Crippen LogP contribution in [-0.2, 0) is 10.5 Å². The van der Waals surface area contributed by atoms with E-state index in [9.17, 15) is 9.59 Å². The molecule has 0 bridgehead atoms. The van der Waals surface area contributed by atoms with E-state index >= 15 is 0 Å². The first-order chi connectivity index (χ1) is 11.1. The van der Waals surface area contributed by atoms with Gasteiger partial charge in [0.1, 0.15) is 0 Å². The molecule has 1 saturated heterocycles. The molecule has 1 aromatic rings. The van der Waals surface area contributed by atoms with Crippen molar-refractivity contribution in [3.8, 4) is 0 Å². The van der Waals surface area contributed by atoms with Crippen molar-refractivity contribution in [2.45, 2.75) is 50.8 Å². The third-order valence-corrected chi connectivity index (χ3v) is 5.20. The first kappa shape index (κ1) is 17.9. The highest BCUT2D eigenvalue weighted by Gasteiger charge is 2.27. The van der Waals surface area contributed by atoms with Crippen LogP contribution in [0.5, 0.6) is 0 Å². The molecule has 1 aliphatic rings. The Kier molecular flexibility index (Phi) is 6.96. The van der Waals surface area contributed by atoms with Crippen molar-refractivity contribution in [3.05, 3.63) is 35.4 Å². The number of hydrogen-bond donors (Lipinski definition) is 1. The summed E-state index contributed by atoms with van der Waals surface area (Å²) in [6.45, 7) is 2.87. The van der Waals surface area contributed by atoms with Gasteiger partial charge in [0.05, 0.1) is 0 Å². The number of carbonyl (C=O) groups is 2. The Hall–Kier alpha value is -1.49. The van der Waals surface area contributed by atoms with Crippen LogP contribution in [0.15, 0.2) is 24.3 Å². The van der Waals surface area contributed by atoms with E-state index in [1.807, 2.05) is 40.9 Å². The Morgan fingerprint density at radius 1 is 1.26 bits per heavy atom. The van der Waals surface area contributed by atoms with Crippen molar-refractivity contribution < 1.29 is 14.7 Å². The Balaban J connectivity index is 2.02. The molecule has 1 atom stereocenters. The van der Waals surface area contributed by atoms with E-state index in [-0.39, 0.29) is 18.4 Å². The van der Waals surface area contributed by atoms with Crippen molar-refractivity contribution in [1.82, 2.24) is 4.90 Å². The molecule has 1 aliphatic heterocycles. The molecule has 126 valence electrons. The average molecular weight is 335 g/mol. The van der Waals surface area contributed by atoms with E-state index in [2.05, 4.69) is 6.92 Å². The Morgan fingerprint density at radius 2 is 2.00 bits per heavy atom. The van der Waals surface area contributed by atoms with Gasteiger partial charge in [-0.1, -0.05) is 19.1 Å². The fraction of sp³-hybridized carbons (Fsp3) is 0.556. The number of benzene rings is 1. The van der Waals surface area contributed by atoms with Crippen LogP contribution in [0.25, 0.3) is 0 Å². The fourth-order valence-corrected chi connectivity index (χ4v) is 3.62. The van der Waals surface area contributed by atoms with Gasteiger partial charge < -0.3 is 10.0 Å². The van der Waals surface area contributed by atoms with E-state index in [0.29, 0.717) is 12.0 Å². The van der Waals surface area contributed by atoms with Gasteiger partial charge in [0.15, 0.2) is 0 Å². The summed E-state index contributed by atoms with van der Waals surface area (Å²) in [6, 6.07) is 7.90. The van der Waals surface area contributed by atoms with E-state index in [1.54, 1.807) is 0 Å². The lowest BCUT2D eigenvalue weighted by molar-refractivity contribution is -0.137. The summed E-state index contributed by atoms with van der Waals surface area (Å²) in [6.07, 6.45) is 3.65. The van der Waals surface area contributed by atoms with Gasteiger partial charge in [0, 0.05) is 30.3 Å². The molecule has 1 fully saturated rings. The Labute approximate surface area is 142 Å². The third kappa shape index (κ3) is 5.27. The predicted octanol–water partition coefficient (Wildman–Crippen LogP) is 3.80. The number of aliphatic carboxylic acids is 1. The molecule has 23 heavy (non-hydrogen) atoms. The molecule has 0 radical (unpaired) electrons. The van der Waals surface area contributed by atoms with Crippen molar-refractivity contribution in [2.24, 2.45) is 0 Å². The summed E-state index contributed by atoms with van der Waals surface area (Å²) < 4.78 is 0. The van der Waals surface area contributed by atoms with Gasteiger partial charge in [0.2, 0.25) is 0 Å². The van der Waals surface area contributed by atoms with Crippen molar-refractivity contribution >= 4 is 23.6 Å². The topological polar surface area (TPSA) is 57.6 Å². The zero-order chi connectivity index (χ0) is 16.7. The second-order valence-corrected chi connectivity index (χ2v) is 7.19. The second kappa shape index (κ2) is 8.96. The number of hydrogen-bond acceptors (Lipinski definition) is 3. The first-order valence-electron chi connectivity index (χ1n) is 8.31. The lowest BCUT2D eigenvalue weighted by Crippen LogP contribution is -2.43. The number of carboxylic acid groups (broad SMARTS) is 1. The monoisotopic (exact) mass is 335 g/mol. The normalized spacial score (nSPS) is 18.0. The SMILES string of the molecule is CCSCc1ccc(C(=O)N2CCCCC2CCC(=O)O)cc1. The molecule has 1 N–H and O–H groups in total. The van der Waals surface area contributed by atoms with Gasteiger partial charge in [-0.15, -0.1) is 0 Å². The summed E-state index contributed by atoms with van der Waals surface area (Å²) in [5.41, 5.74) is 1.94. The van der Waals surface area contributed by atoms with Crippen LogP contribution < -0.4 is 0 Å². The molecule has 1 aromatic carbocycles. The van der Waals surface area contributed by atoms with Crippen LogP contribution in [0.4, 0.5) is 0 Å². The van der Waals surface area contributed by atoms with Crippen LogP contribution in [0.1, 0.15) is 54.9 Å². The van der Waals surface area contributed by atoms with Crippen LogP contribution in [-0.4, -0.2) is 40.2 Å². The number of thioether (sulfide) groups is 1. The molecule has 0 aliphatic carbocycles. The van der Waals surface area contributed by atoms with Gasteiger partial charge in [-0.3, -0.25) is 9.59 Å². The molecule has 0 aromatic heterocycles. The number of carbonyl (C=O) groups excluding carboxylic acids is 1. The minimum Gasteiger partial charge on any atom is -0.481 e. The molecule has 1 heterocycles.